The van der Waals surface area contributed by atoms with E-state index in [1.165, 1.54) is 28.5 Å². The summed E-state index contributed by atoms with van der Waals surface area (Å²) in [6.45, 7) is 1.82. The molecule has 4 nitrogen and oxygen atoms in total. The quantitative estimate of drug-likeness (QED) is 0.668. The molecule has 6 heteroatoms. The number of nitrogens with zero attached hydrogens (tertiary/aromatic N) is 2. The summed E-state index contributed by atoms with van der Waals surface area (Å²) in [5, 5.41) is 20.1. The first kappa shape index (κ1) is 12.9. The van der Waals surface area contributed by atoms with Crippen molar-refractivity contribution in [2.75, 3.05) is 0 Å². The molecule has 2 rings (SSSR count). The third-order valence-electron chi connectivity index (χ3n) is 2.45. The first-order valence-corrected chi connectivity index (χ1v) is 6.54. The molecule has 0 spiro atoms. The van der Waals surface area contributed by atoms with Crippen LogP contribution in [0.25, 0.3) is 0 Å². The molecule has 94 valence electrons. The number of pyridine rings is 1. The van der Waals surface area contributed by atoms with E-state index in [1.54, 1.807) is 6.20 Å². The van der Waals surface area contributed by atoms with E-state index in [4.69, 9.17) is 12.2 Å². The molecule has 2 aromatic heterocycles. The van der Waals surface area contributed by atoms with Gasteiger partial charge in [0.1, 0.15) is 5.03 Å². The van der Waals surface area contributed by atoms with E-state index >= 15 is 0 Å². The Bertz CT molecular complexity index is 535. The fraction of sp³-hybridized carbons (Fsp3) is 0.167. The van der Waals surface area contributed by atoms with E-state index in [0.717, 1.165) is 5.03 Å². The van der Waals surface area contributed by atoms with E-state index in [0.29, 0.717) is 4.20 Å². The second-order valence-corrected chi connectivity index (χ2v) is 5.45. The highest BCUT2D eigenvalue weighted by molar-refractivity contribution is 8.23. The van der Waals surface area contributed by atoms with Crippen LogP contribution in [0.1, 0.15) is 13.0 Å². The number of aromatic nitrogens is 2. The number of thioether (sulfide) groups is 1. The van der Waals surface area contributed by atoms with Gasteiger partial charge in [0, 0.05) is 18.3 Å². The lowest BCUT2D eigenvalue weighted by Crippen LogP contribution is -2.11. The van der Waals surface area contributed by atoms with Gasteiger partial charge in [-0.2, -0.15) is 0 Å². The maximum atomic E-state index is 9.64. The van der Waals surface area contributed by atoms with Crippen molar-refractivity contribution in [1.29, 1.82) is 0 Å². The molecule has 0 saturated carbocycles. The van der Waals surface area contributed by atoms with Gasteiger partial charge in [0.25, 0.3) is 0 Å². The van der Waals surface area contributed by atoms with Gasteiger partial charge < -0.3 is 10.2 Å². The molecule has 2 N–H and O–H groups in total. The highest BCUT2D eigenvalue weighted by Gasteiger charge is 2.18. The predicted octanol–water partition coefficient (Wildman–Crippen LogP) is 2.98. The van der Waals surface area contributed by atoms with Gasteiger partial charge in [-0.25, -0.2) is 4.98 Å². The number of aromatic hydroxyl groups is 2. The molecule has 0 bridgehead atoms. The van der Waals surface area contributed by atoms with Crippen molar-refractivity contribution < 1.29 is 10.2 Å². The molecule has 2 heterocycles. The SMILES string of the molecule is CC(C(=S)Sc1ccccn1)n1c(O)ccc1O. The van der Waals surface area contributed by atoms with Crippen LogP contribution < -0.4 is 0 Å². The molecule has 0 aliphatic rings. The summed E-state index contributed by atoms with van der Waals surface area (Å²) < 4.78 is 1.99. The van der Waals surface area contributed by atoms with E-state index in [2.05, 4.69) is 4.98 Å². The van der Waals surface area contributed by atoms with Gasteiger partial charge in [0.15, 0.2) is 11.8 Å². The number of rotatable bonds is 3. The average molecular weight is 280 g/mol. The van der Waals surface area contributed by atoms with Crippen LogP contribution in [0.5, 0.6) is 11.8 Å². The van der Waals surface area contributed by atoms with E-state index < -0.39 is 0 Å². The Morgan fingerprint density at radius 3 is 2.50 bits per heavy atom. The molecule has 0 aromatic carbocycles. The lowest BCUT2D eigenvalue weighted by atomic mass is 10.4. The Morgan fingerprint density at radius 2 is 1.94 bits per heavy atom. The minimum atomic E-state index is -0.304. The molecule has 2 aromatic rings. The monoisotopic (exact) mass is 280 g/mol. The highest BCUT2D eigenvalue weighted by Crippen LogP contribution is 2.31. The molecule has 0 amide bonds. The smallest absolute Gasteiger partial charge is 0.194 e. The summed E-state index contributed by atoms with van der Waals surface area (Å²) in [5.41, 5.74) is 0. The van der Waals surface area contributed by atoms with Gasteiger partial charge >= 0.3 is 0 Å². The fourth-order valence-corrected chi connectivity index (χ4v) is 2.63. The van der Waals surface area contributed by atoms with Gasteiger partial charge in [-0.15, -0.1) is 0 Å². The molecule has 1 atom stereocenters. The highest BCUT2D eigenvalue weighted by atomic mass is 32.2. The lowest BCUT2D eigenvalue weighted by molar-refractivity contribution is 0.367. The first-order chi connectivity index (χ1) is 8.59. The summed E-state index contributed by atoms with van der Waals surface area (Å²) in [6.07, 6.45) is 1.69. The van der Waals surface area contributed by atoms with Crippen LogP contribution in [0, 0.1) is 0 Å². The molecule has 0 radical (unpaired) electrons. The third kappa shape index (κ3) is 2.65. The zero-order chi connectivity index (χ0) is 13.1. The van der Waals surface area contributed by atoms with Crippen LogP contribution in [0.15, 0.2) is 41.6 Å². The minimum Gasteiger partial charge on any atom is -0.494 e. The zero-order valence-electron chi connectivity index (χ0n) is 9.65. The normalized spacial score (nSPS) is 12.3. The zero-order valence-corrected chi connectivity index (χ0v) is 11.3. The summed E-state index contributed by atoms with van der Waals surface area (Å²) in [4.78, 5) is 4.17. The molecule has 1 unspecified atom stereocenters. The van der Waals surface area contributed by atoms with Crippen LogP contribution >= 0.6 is 24.0 Å². The van der Waals surface area contributed by atoms with E-state index in [-0.39, 0.29) is 17.8 Å². The standard InChI is InChI=1S/C12H12N2O2S2/c1-8(14-10(15)5-6-11(14)16)12(17)18-9-4-2-3-7-13-9/h2-8,15-16H,1H3. The van der Waals surface area contributed by atoms with Crippen molar-refractivity contribution in [3.63, 3.8) is 0 Å². The van der Waals surface area contributed by atoms with Crippen LogP contribution in [0.4, 0.5) is 0 Å². The second kappa shape index (κ2) is 5.41. The van der Waals surface area contributed by atoms with Gasteiger partial charge in [-0.05, 0) is 19.1 Å². The summed E-state index contributed by atoms with van der Waals surface area (Å²) in [5.74, 6) is -0.0204. The second-order valence-electron chi connectivity index (χ2n) is 3.68. The predicted molar refractivity (Wildman–Crippen MR) is 75.2 cm³/mol. The third-order valence-corrected chi connectivity index (χ3v) is 4.03. The largest absolute Gasteiger partial charge is 0.494 e. The Balaban J connectivity index is 2.15. The number of thiocarbonyl (C=S) groups is 1. The van der Waals surface area contributed by atoms with Crippen molar-refractivity contribution in [2.45, 2.75) is 18.0 Å². The van der Waals surface area contributed by atoms with Gasteiger partial charge in [0.2, 0.25) is 0 Å². The number of hydrogen-bond acceptors (Lipinski definition) is 5. The average Bonchev–Trinajstić information content (AvgIpc) is 2.69. The maximum absolute atomic E-state index is 9.64. The summed E-state index contributed by atoms with van der Waals surface area (Å²) in [7, 11) is 0. The van der Waals surface area contributed by atoms with Crippen molar-refractivity contribution in [3.05, 3.63) is 36.5 Å². The Morgan fingerprint density at radius 1 is 1.28 bits per heavy atom. The van der Waals surface area contributed by atoms with Crippen molar-refractivity contribution in [3.8, 4) is 11.8 Å². The topological polar surface area (TPSA) is 58.3 Å². The van der Waals surface area contributed by atoms with Crippen molar-refractivity contribution in [1.82, 2.24) is 9.55 Å². The van der Waals surface area contributed by atoms with Crippen molar-refractivity contribution in [2.24, 2.45) is 0 Å². The molecular formula is C12H12N2O2S2. The maximum Gasteiger partial charge on any atom is 0.194 e. The molecule has 0 fully saturated rings. The molecule has 0 aliphatic heterocycles. The van der Waals surface area contributed by atoms with Crippen molar-refractivity contribution >= 4 is 28.2 Å². The van der Waals surface area contributed by atoms with Crippen LogP contribution in [0.2, 0.25) is 0 Å². The summed E-state index contributed by atoms with van der Waals surface area (Å²) in [6, 6.07) is 8.13. The fourth-order valence-electron chi connectivity index (χ4n) is 1.53. The Kier molecular flexibility index (Phi) is 3.88. The first-order valence-electron chi connectivity index (χ1n) is 5.31. The Labute approximate surface area is 114 Å². The molecule has 18 heavy (non-hydrogen) atoms. The van der Waals surface area contributed by atoms with Crippen LogP contribution in [-0.4, -0.2) is 24.0 Å². The molecule has 0 aliphatic carbocycles. The molecule has 0 saturated heterocycles. The van der Waals surface area contributed by atoms with E-state index in [9.17, 15) is 10.2 Å². The van der Waals surface area contributed by atoms with Crippen LogP contribution in [0.3, 0.4) is 0 Å². The van der Waals surface area contributed by atoms with Gasteiger partial charge in [0.05, 0.1) is 10.2 Å². The minimum absolute atomic E-state index is 0.0102. The molecular weight excluding hydrogens is 268 g/mol. The summed E-state index contributed by atoms with van der Waals surface area (Å²) >= 11 is 6.65. The van der Waals surface area contributed by atoms with E-state index in [1.807, 2.05) is 25.1 Å². The Hall–Kier alpha value is -1.53. The lowest BCUT2D eigenvalue weighted by Gasteiger charge is -2.16. The van der Waals surface area contributed by atoms with Gasteiger partial charge in [-0.1, -0.05) is 30.0 Å². The number of hydrogen-bond donors (Lipinski definition) is 2. The van der Waals surface area contributed by atoms with Gasteiger partial charge in [-0.3, -0.25) is 4.57 Å². The van der Waals surface area contributed by atoms with Crippen LogP contribution in [-0.2, 0) is 0 Å².